The second kappa shape index (κ2) is 7.25. The number of halogens is 3. The summed E-state index contributed by atoms with van der Waals surface area (Å²) in [5.41, 5.74) is -0.141. The number of ether oxygens (including phenoxy) is 1. The van der Waals surface area contributed by atoms with Crippen LogP contribution in [0.15, 0.2) is 12.1 Å². The van der Waals surface area contributed by atoms with Crippen LogP contribution in [0.2, 0.25) is 5.02 Å². The zero-order valence-electron chi connectivity index (χ0n) is 9.38. The SMILES string of the molecule is O=C(NCCOCCO)c1cc(F)c(F)cc1Cl. The van der Waals surface area contributed by atoms with Crippen LogP contribution >= 0.6 is 11.6 Å². The van der Waals surface area contributed by atoms with E-state index >= 15 is 0 Å². The molecule has 0 aliphatic rings. The van der Waals surface area contributed by atoms with Crippen molar-refractivity contribution in [1.29, 1.82) is 0 Å². The molecule has 0 spiro atoms. The Balaban J connectivity index is 2.54. The number of benzene rings is 1. The van der Waals surface area contributed by atoms with Gasteiger partial charge in [0, 0.05) is 6.54 Å². The highest BCUT2D eigenvalue weighted by Gasteiger charge is 2.14. The summed E-state index contributed by atoms with van der Waals surface area (Å²) in [7, 11) is 0. The van der Waals surface area contributed by atoms with Gasteiger partial charge in [-0.1, -0.05) is 11.6 Å². The third kappa shape index (κ3) is 4.21. The number of hydrogen-bond acceptors (Lipinski definition) is 3. The lowest BCUT2D eigenvalue weighted by Gasteiger charge is -2.07. The van der Waals surface area contributed by atoms with Crippen molar-refractivity contribution in [3.8, 4) is 0 Å². The minimum atomic E-state index is -1.14. The second-order valence-corrected chi connectivity index (χ2v) is 3.75. The van der Waals surface area contributed by atoms with Gasteiger partial charge < -0.3 is 15.2 Å². The summed E-state index contributed by atoms with van der Waals surface area (Å²) in [5.74, 6) is -2.87. The van der Waals surface area contributed by atoms with Crippen molar-refractivity contribution in [2.45, 2.75) is 0 Å². The van der Waals surface area contributed by atoms with Crippen LogP contribution in [-0.2, 0) is 4.74 Å². The number of nitrogens with one attached hydrogen (secondary N) is 1. The molecule has 100 valence electrons. The first-order chi connectivity index (χ1) is 8.56. The summed E-state index contributed by atoms with van der Waals surface area (Å²) in [4.78, 5) is 11.6. The molecule has 0 unspecified atom stereocenters. The molecule has 0 heterocycles. The average Bonchev–Trinajstić information content (AvgIpc) is 2.33. The van der Waals surface area contributed by atoms with Crippen LogP contribution in [0.25, 0.3) is 0 Å². The smallest absolute Gasteiger partial charge is 0.252 e. The van der Waals surface area contributed by atoms with Gasteiger partial charge in [0.05, 0.1) is 30.4 Å². The fraction of sp³-hybridized carbons (Fsp3) is 0.364. The van der Waals surface area contributed by atoms with E-state index in [-0.39, 0.29) is 37.0 Å². The molecule has 1 aromatic rings. The molecule has 1 aromatic carbocycles. The van der Waals surface area contributed by atoms with Crippen LogP contribution in [0.3, 0.4) is 0 Å². The van der Waals surface area contributed by atoms with Crippen LogP contribution in [0.4, 0.5) is 8.78 Å². The highest BCUT2D eigenvalue weighted by Crippen LogP contribution is 2.19. The Morgan fingerprint density at radius 1 is 1.33 bits per heavy atom. The minimum absolute atomic E-state index is 0.108. The maximum absolute atomic E-state index is 12.9. The summed E-state index contributed by atoms with van der Waals surface area (Å²) in [6, 6.07) is 1.48. The minimum Gasteiger partial charge on any atom is -0.394 e. The largest absolute Gasteiger partial charge is 0.394 e. The zero-order chi connectivity index (χ0) is 13.5. The van der Waals surface area contributed by atoms with Gasteiger partial charge in [0.2, 0.25) is 0 Å². The third-order valence-electron chi connectivity index (χ3n) is 2.02. The van der Waals surface area contributed by atoms with Crippen LogP contribution in [0.1, 0.15) is 10.4 Å². The van der Waals surface area contributed by atoms with Crippen molar-refractivity contribution in [2.24, 2.45) is 0 Å². The molecule has 2 N–H and O–H groups in total. The molecule has 0 radical (unpaired) electrons. The number of hydrogen-bond donors (Lipinski definition) is 2. The number of aliphatic hydroxyl groups is 1. The summed E-state index contributed by atoms with van der Waals surface area (Å²) < 4.78 is 30.6. The van der Waals surface area contributed by atoms with Gasteiger partial charge in [-0.05, 0) is 12.1 Å². The van der Waals surface area contributed by atoms with E-state index in [0.29, 0.717) is 0 Å². The van der Waals surface area contributed by atoms with E-state index in [1.807, 2.05) is 0 Å². The molecule has 0 fully saturated rings. The predicted octanol–water partition coefficient (Wildman–Crippen LogP) is 1.36. The quantitative estimate of drug-likeness (QED) is 0.611. The van der Waals surface area contributed by atoms with Gasteiger partial charge in [-0.25, -0.2) is 8.78 Å². The molecule has 0 aliphatic carbocycles. The van der Waals surface area contributed by atoms with E-state index in [2.05, 4.69) is 5.32 Å². The van der Waals surface area contributed by atoms with Crippen LogP contribution < -0.4 is 5.32 Å². The fourth-order valence-corrected chi connectivity index (χ4v) is 1.43. The number of carbonyl (C=O) groups excluding carboxylic acids is 1. The first kappa shape index (κ1) is 14.8. The summed E-state index contributed by atoms with van der Waals surface area (Å²) in [5, 5.41) is 10.7. The fourth-order valence-electron chi connectivity index (χ4n) is 1.20. The normalized spacial score (nSPS) is 10.4. The Hall–Kier alpha value is -1.24. The lowest BCUT2D eigenvalue weighted by molar-refractivity contribution is 0.0838. The topological polar surface area (TPSA) is 58.6 Å². The zero-order valence-corrected chi connectivity index (χ0v) is 10.1. The van der Waals surface area contributed by atoms with E-state index in [1.54, 1.807) is 0 Å². The van der Waals surface area contributed by atoms with Crippen molar-refractivity contribution in [3.05, 3.63) is 34.4 Å². The first-order valence-electron chi connectivity index (χ1n) is 5.17. The number of rotatable bonds is 6. The predicted molar refractivity (Wildman–Crippen MR) is 61.6 cm³/mol. The maximum atomic E-state index is 12.9. The second-order valence-electron chi connectivity index (χ2n) is 3.34. The Labute approximate surface area is 108 Å². The van der Waals surface area contributed by atoms with Crippen molar-refractivity contribution < 1.29 is 23.4 Å². The molecule has 0 bridgehead atoms. The van der Waals surface area contributed by atoms with E-state index in [4.69, 9.17) is 21.4 Å². The van der Waals surface area contributed by atoms with Crippen molar-refractivity contribution in [1.82, 2.24) is 5.32 Å². The van der Waals surface area contributed by atoms with Gasteiger partial charge in [0.25, 0.3) is 5.91 Å². The van der Waals surface area contributed by atoms with Gasteiger partial charge in [0.15, 0.2) is 11.6 Å². The van der Waals surface area contributed by atoms with Crippen LogP contribution in [-0.4, -0.2) is 37.4 Å². The Bertz CT molecular complexity index is 429. The van der Waals surface area contributed by atoms with Crippen molar-refractivity contribution >= 4 is 17.5 Å². The van der Waals surface area contributed by atoms with Crippen molar-refractivity contribution in [2.75, 3.05) is 26.4 Å². The highest BCUT2D eigenvalue weighted by molar-refractivity contribution is 6.33. The molecule has 18 heavy (non-hydrogen) atoms. The Kier molecular flexibility index (Phi) is 5.97. The molecule has 1 amide bonds. The van der Waals surface area contributed by atoms with E-state index in [0.717, 1.165) is 12.1 Å². The van der Waals surface area contributed by atoms with Crippen LogP contribution in [0, 0.1) is 11.6 Å². The first-order valence-corrected chi connectivity index (χ1v) is 5.55. The van der Waals surface area contributed by atoms with Crippen molar-refractivity contribution in [3.63, 3.8) is 0 Å². The van der Waals surface area contributed by atoms with Gasteiger partial charge in [0.1, 0.15) is 0 Å². The maximum Gasteiger partial charge on any atom is 0.252 e. The monoisotopic (exact) mass is 279 g/mol. The molecule has 0 atom stereocenters. The van der Waals surface area contributed by atoms with Gasteiger partial charge in [-0.2, -0.15) is 0 Å². The molecule has 0 saturated carbocycles. The highest BCUT2D eigenvalue weighted by atomic mass is 35.5. The summed E-state index contributed by atoms with van der Waals surface area (Å²) >= 11 is 5.63. The molecule has 1 rings (SSSR count). The van der Waals surface area contributed by atoms with Gasteiger partial charge in [-0.15, -0.1) is 0 Å². The van der Waals surface area contributed by atoms with Crippen LogP contribution in [0.5, 0.6) is 0 Å². The Morgan fingerprint density at radius 3 is 2.67 bits per heavy atom. The third-order valence-corrected chi connectivity index (χ3v) is 2.33. The number of aliphatic hydroxyl groups excluding tert-OH is 1. The van der Waals surface area contributed by atoms with Gasteiger partial charge >= 0.3 is 0 Å². The molecule has 0 saturated heterocycles. The lowest BCUT2D eigenvalue weighted by atomic mass is 10.2. The molecular formula is C11H12ClF2NO3. The molecular weight excluding hydrogens is 268 g/mol. The van der Waals surface area contributed by atoms with E-state index in [9.17, 15) is 13.6 Å². The molecule has 7 heteroatoms. The van der Waals surface area contributed by atoms with E-state index in [1.165, 1.54) is 0 Å². The van der Waals surface area contributed by atoms with E-state index < -0.39 is 17.5 Å². The summed E-state index contributed by atoms with van der Waals surface area (Å²) in [6.45, 7) is 0.437. The lowest BCUT2D eigenvalue weighted by Crippen LogP contribution is -2.28. The molecule has 4 nitrogen and oxygen atoms in total. The number of amides is 1. The standard InChI is InChI=1S/C11H12ClF2NO3/c12-8-6-10(14)9(13)5-7(8)11(17)15-1-3-18-4-2-16/h5-6,16H,1-4H2,(H,15,17). The van der Waals surface area contributed by atoms with Gasteiger partial charge in [-0.3, -0.25) is 4.79 Å². The Morgan fingerprint density at radius 2 is 2.00 bits per heavy atom. The average molecular weight is 280 g/mol. The summed E-state index contributed by atoms with van der Waals surface area (Å²) in [6.07, 6.45) is 0. The molecule has 0 aromatic heterocycles. The number of carbonyl (C=O) groups is 1. The molecule has 0 aliphatic heterocycles.